The predicted octanol–water partition coefficient (Wildman–Crippen LogP) is 5.16. The van der Waals surface area contributed by atoms with E-state index in [2.05, 4.69) is 4.98 Å². The molecule has 1 aromatic heterocycles. The van der Waals surface area contributed by atoms with Crippen molar-refractivity contribution in [3.05, 3.63) is 53.6 Å². The van der Waals surface area contributed by atoms with Gasteiger partial charge >= 0.3 is 0 Å². The smallest absolute Gasteiger partial charge is 0.260 e. The number of rotatable bonds is 8. The molecular weight excluding hydrogens is 542 g/mol. The Labute approximate surface area is 226 Å². The van der Waals surface area contributed by atoms with E-state index in [9.17, 15) is 22.0 Å². The van der Waals surface area contributed by atoms with Crippen molar-refractivity contribution in [1.82, 2.24) is 14.2 Å². The molecule has 3 aromatic rings. The molecule has 1 fully saturated rings. The van der Waals surface area contributed by atoms with Gasteiger partial charge in [-0.3, -0.25) is 9.69 Å². The molecule has 1 aliphatic rings. The van der Waals surface area contributed by atoms with E-state index < -0.39 is 27.6 Å². The number of fused-ring (bicyclic) bond motifs is 1. The quantitative estimate of drug-likeness (QED) is 0.373. The highest BCUT2D eigenvalue weighted by atomic mass is 35.5. The van der Waals surface area contributed by atoms with Gasteiger partial charge in [0.25, 0.3) is 5.91 Å². The zero-order chi connectivity index (χ0) is 26.0. The van der Waals surface area contributed by atoms with Gasteiger partial charge in [0.1, 0.15) is 11.3 Å². The van der Waals surface area contributed by atoms with E-state index in [0.717, 1.165) is 43.1 Å². The molecular formula is C25H31ClF2N4O3S2. The van der Waals surface area contributed by atoms with Crippen LogP contribution in [-0.4, -0.2) is 68.3 Å². The normalized spacial score (nSPS) is 16.6. The lowest BCUT2D eigenvalue weighted by Crippen LogP contribution is -2.43. The molecule has 0 saturated carbocycles. The summed E-state index contributed by atoms with van der Waals surface area (Å²) in [5.41, 5.74) is 0.289. The molecule has 1 saturated heterocycles. The van der Waals surface area contributed by atoms with Crippen LogP contribution in [0.1, 0.15) is 43.0 Å². The van der Waals surface area contributed by atoms with Gasteiger partial charge in [0, 0.05) is 37.3 Å². The second-order valence-corrected chi connectivity index (χ2v) is 12.1. The number of halogens is 3. The lowest BCUT2D eigenvalue weighted by atomic mass is 10.0. The molecule has 1 atom stereocenters. The van der Waals surface area contributed by atoms with Crippen LogP contribution >= 0.6 is 23.7 Å². The molecule has 1 amide bonds. The van der Waals surface area contributed by atoms with E-state index in [1.54, 1.807) is 4.31 Å². The Morgan fingerprint density at radius 3 is 2.49 bits per heavy atom. The van der Waals surface area contributed by atoms with Gasteiger partial charge in [-0.05, 0) is 63.7 Å². The second-order valence-electron chi connectivity index (χ2n) is 9.19. The monoisotopic (exact) mass is 572 g/mol. The van der Waals surface area contributed by atoms with Crippen molar-refractivity contribution in [3.63, 3.8) is 0 Å². The van der Waals surface area contributed by atoms with Crippen molar-refractivity contribution in [1.29, 1.82) is 0 Å². The third-order valence-corrected chi connectivity index (χ3v) is 9.39. The van der Waals surface area contributed by atoms with Crippen LogP contribution in [0, 0.1) is 11.6 Å². The number of hydrogen-bond acceptors (Lipinski definition) is 6. The molecule has 0 aliphatic carbocycles. The molecule has 4 rings (SSSR count). The van der Waals surface area contributed by atoms with Gasteiger partial charge in [0.15, 0.2) is 10.9 Å². The first-order valence-corrected chi connectivity index (χ1v) is 14.2. The van der Waals surface area contributed by atoms with E-state index in [1.165, 1.54) is 35.2 Å². The van der Waals surface area contributed by atoms with E-state index in [4.69, 9.17) is 0 Å². The first kappa shape index (κ1) is 29.4. The molecule has 0 radical (unpaired) electrons. The fourth-order valence-electron chi connectivity index (χ4n) is 4.40. The molecule has 1 unspecified atom stereocenters. The maximum Gasteiger partial charge on any atom is 0.260 e. The summed E-state index contributed by atoms with van der Waals surface area (Å²) in [6, 6.07) is 7.85. The number of aromatic nitrogens is 1. The summed E-state index contributed by atoms with van der Waals surface area (Å²) in [4.78, 5) is 21.2. The number of amides is 1. The Kier molecular flexibility index (Phi) is 9.62. The first-order chi connectivity index (χ1) is 17.1. The lowest BCUT2D eigenvalue weighted by molar-refractivity contribution is 0.0985. The Bertz CT molecular complexity index is 1350. The molecule has 37 heavy (non-hydrogen) atoms. The van der Waals surface area contributed by atoms with Gasteiger partial charge in [-0.25, -0.2) is 22.2 Å². The van der Waals surface area contributed by atoms with Crippen LogP contribution in [0.3, 0.4) is 0 Å². The average molecular weight is 573 g/mol. The Morgan fingerprint density at radius 1 is 1.14 bits per heavy atom. The second kappa shape index (κ2) is 12.1. The Balaban J connectivity index is 0.00000380. The predicted molar refractivity (Wildman–Crippen MR) is 145 cm³/mol. The fourth-order valence-corrected chi connectivity index (χ4v) is 7.20. The molecule has 202 valence electrons. The van der Waals surface area contributed by atoms with Crippen molar-refractivity contribution in [3.8, 4) is 0 Å². The highest BCUT2D eigenvalue weighted by Crippen LogP contribution is 2.32. The van der Waals surface area contributed by atoms with Gasteiger partial charge in [-0.1, -0.05) is 24.7 Å². The van der Waals surface area contributed by atoms with E-state index in [-0.39, 0.29) is 46.1 Å². The number of nitrogens with zero attached hydrogens (tertiary/aromatic N) is 4. The number of likely N-dealkylation sites (N-methyl/N-ethyl adjacent to an activating group) is 1. The van der Waals surface area contributed by atoms with Gasteiger partial charge in [-0.2, -0.15) is 4.31 Å². The van der Waals surface area contributed by atoms with E-state index in [1.807, 2.05) is 25.9 Å². The van der Waals surface area contributed by atoms with Crippen molar-refractivity contribution >= 4 is 55.0 Å². The minimum absolute atomic E-state index is 0. The van der Waals surface area contributed by atoms with Gasteiger partial charge in [-0.15, -0.1) is 12.4 Å². The van der Waals surface area contributed by atoms with Crippen molar-refractivity contribution in [2.75, 3.05) is 38.6 Å². The van der Waals surface area contributed by atoms with E-state index >= 15 is 0 Å². The van der Waals surface area contributed by atoms with Crippen LogP contribution in [0.4, 0.5) is 13.9 Å². The van der Waals surface area contributed by atoms with Crippen LogP contribution in [0.15, 0.2) is 41.3 Å². The number of anilines is 1. The van der Waals surface area contributed by atoms with Crippen LogP contribution in [0.2, 0.25) is 0 Å². The Hall–Kier alpha value is -2.18. The summed E-state index contributed by atoms with van der Waals surface area (Å²) in [5, 5.41) is 0.247. The van der Waals surface area contributed by atoms with Crippen LogP contribution in [-0.2, 0) is 10.0 Å². The molecule has 7 nitrogen and oxygen atoms in total. The zero-order valence-electron chi connectivity index (χ0n) is 21.0. The van der Waals surface area contributed by atoms with E-state index in [0.29, 0.717) is 17.8 Å². The third kappa shape index (κ3) is 6.28. The molecule has 0 bridgehead atoms. The average Bonchev–Trinajstić information content (AvgIpc) is 3.28. The summed E-state index contributed by atoms with van der Waals surface area (Å²) in [7, 11) is 0.0504. The fraction of sp³-hybridized carbons (Fsp3) is 0.440. The standard InChI is InChI=1S/C25H30F2N4O3S2.ClH/c1-4-19-7-5-6-12-31(19)36(33,34)20-10-8-17(9-11-20)24(32)30(14-13-29(2)3)25-28-23-21(27)15-18(26)16-22(23)35-25;/h8-11,15-16,19H,4-7,12-14H2,1-3H3;1H. The Morgan fingerprint density at radius 2 is 1.84 bits per heavy atom. The number of sulfonamides is 1. The summed E-state index contributed by atoms with van der Waals surface area (Å²) < 4.78 is 56.4. The van der Waals surface area contributed by atoms with Crippen molar-refractivity contribution in [2.45, 2.75) is 43.5 Å². The summed E-state index contributed by atoms with van der Waals surface area (Å²) in [5.74, 6) is -1.90. The highest BCUT2D eigenvalue weighted by molar-refractivity contribution is 7.89. The zero-order valence-corrected chi connectivity index (χ0v) is 23.4. The summed E-state index contributed by atoms with van der Waals surface area (Å²) in [6.07, 6.45) is 3.45. The third-order valence-electron chi connectivity index (χ3n) is 6.40. The molecule has 0 N–H and O–H groups in total. The minimum atomic E-state index is -3.67. The SMILES string of the molecule is CCC1CCCCN1S(=O)(=O)c1ccc(C(=O)N(CCN(C)C)c2nc3c(F)cc(F)cc3s2)cc1.Cl. The lowest BCUT2D eigenvalue weighted by Gasteiger charge is -2.34. The van der Waals surface area contributed by atoms with Crippen LogP contribution in [0.25, 0.3) is 10.2 Å². The maximum atomic E-state index is 14.3. The first-order valence-electron chi connectivity index (χ1n) is 12.0. The number of piperidine rings is 1. The number of benzene rings is 2. The highest BCUT2D eigenvalue weighted by Gasteiger charge is 2.32. The molecule has 0 spiro atoms. The molecule has 1 aliphatic heterocycles. The largest absolute Gasteiger partial charge is 0.308 e. The maximum absolute atomic E-state index is 14.3. The van der Waals surface area contributed by atoms with Gasteiger partial charge < -0.3 is 4.90 Å². The number of carbonyl (C=O) groups is 1. The summed E-state index contributed by atoms with van der Waals surface area (Å²) >= 11 is 1.03. The summed E-state index contributed by atoms with van der Waals surface area (Å²) in [6.45, 7) is 3.26. The van der Waals surface area contributed by atoms with Crippen LogP contribution in [0.5, 0.6) is 0 Å². The topological polar surface area (TPSA) is 73.8 Å². The molecule has 12 heteroatoms. The van der Waals surface area contributed by atoms with Gasteiger partial charge in [0.05, 0.1) is 9.60 Å². The van der Waals surface area contributed by atoms with Crippen LogP contribution < -0.4 is 4.90 Å². The number of thiazole rings is 1. The number of carbonyl (C=O) groups excluding carboxylic acids is 1. The van der Waals surface area contributed by atoms with Crippen molar-refractivity contribution in [2.24, 2.45) is 0 Å². The molecule has 2 aromatic carbocycles. The van der Waals surface area contributed by atoms with Gasteiger partial charge in [0.2, 0.25) is 10.0 Å². The number of hydrogen-bond donors (Lipinski definition) is 0. The minimum Gasteiger partial charge on any atom is -0.308 e. The molecule has 2 heterocycles. The van der Waals surface area contributed by atoms with Crippen molar-refractivity contribution < 1.29 is 22.0 Å².